The molecule has 0 aromatic heterocycles. The van der Waals surface area contributed by atoms with Crippen LogP contribution < -0.4 is 5.32 Å². The minimum atomic E-state index is -1.69. The van der Waals surface area contributed by atoms with Crippen molar-refractivity contribution in [3.8, 4) is 0 Å². The molecule has 2 atom stereocenters. The second-order valence-electron chi connectivity index (χ2n) is 3.65. The number of likely N-dealkylation sites (N-methyl/N-ethyl adjacent to an activating group) is 1. The Morgan fingerprint density at radius 1 is 1.39 bits per heavy atom. The lowest BCUT2D eigenvalue weighted by Crippen LogP contribution is -2.30. The maximum absolute atomic E-state index is 13.0. The largest absolute Gasteiger partial charge is 0.389 e. The molecule has 1 aromatic rings. The fourth-order valence-electron chi connectivity index (χ4n) is 1.47. The van der Waals surface area contributed by atoms with Gasteiger partial charge in [0, 0.05) is 6.54 Å². The normalized spacial score (nSPS) is 14.3. The van der Waals surface area contributed by atoms with Crippen LogP contribution in [-0.2, 0) is 0 Å². The SMILES string of the molecule is CNCC(O)C(O)c1cc(F)c(F)cc1[N+](=O)[O-]. The molecule has 0 saturated heterocycles. The van der Waals surface area contributed by atoms with Gasteiger partial charge in [-0.1, -0.05) is 0 Å². The maximum Gasteiger partial charge on any atom is 0.278 e. The number of aliphatic hydroxyl groups is 2. The number of halogens is 2. The highest BCUT2D eigenvalue weighted by atomic mass is 19.2. The van der Waals surface area contributed by atoms with Gasteiger partial charge >= 0.3 is 0 Å². The van der Waals surface area contributed by atoms with Gasteiger partial charge < -0.3 is 15.5 Å². The summed E-state index contributed by atoms with van der Waals surface area (Å²) in [7, 11) is 1.50. The van der Waals surface area contributed by atoms with E-state index >= 15 is 0 Å². The van der Waals surface area contributed by atoms with Gasteiger partial charge in [0.05, 0.1) is 22.7 Å². The van der Waals surface area contributed by atoms with Crippen LogP contribution in [0.1, 0.15) is 11.7 Å². The first kappa shape index (κ1) is 14.4. The second-order valence-corrected chi connectivity index (χ2v) is 3.65. The molecule has 2 unspecified atom stereocenters. The number of hydrogen-bond donors (Lipinski definition) is 3. The Morgan fingerprint density at radius 2 is 1.94 bits per heavy atom. The van der Waals surface area contributed by atoms with Crippen LogP contribution in [0.15, 0.2) is 12.1 Å². The Kier molecular flexibility index (Phi) is 4.65. The van der Waals surface area contributed by atoms with E-state index in [0.29, 0.717) is 12.1 Å². The van der Waals surface area contributed by atoms with Crippen LogP contribution in [0.2, 0.25) is 0 Å². The summed E-state index contributed by atoms with van der Waals surface area (Å²) in [6.07, 6.45) is -3.06. The molecule has 3 N–H and O–H groups in total. The molecule has 0 aliphatic rings. The molecule has 100 valence electrons. The zero-order chi connectivity index (χ0) is 13.9. The van der Waals surface area contributed by atoms with Gasteiger partial charge in [0.2, 0.25) is 0 Å². The third-order valence-electron chi connectivity index (χ3n) is 2.36. The highest BCUT2D eigenvalue weighted by Gasteiger charge is 2.28. The first-order valence-electron chi connectivity index (χ1n) is 5.02. The highest BCUT2D eigenvalue weighted by molar-refractivity contribution is 5.43. The molecule has 1 aromatic carbocycles. The number of aliphatic hydroxyl groups excluding tert-OH is 2. The first-order chi connectivity index (χ1) is 8.38. The van der Waals surface area contributed by atoms with Gasteiger partial charge in [-0.25, -0.2) is 8.78 Å². The average molecular weight is 262 g/mol. The van der Waals surface area contributed by atoms with Gasteiger partial charge in [0.1, 0.15) is 6.10 Å². The summed E-state index contributed by atoms with van der Waals surface area (Å²) in [5.41, 5.74) is -1.25. The summed E-state index contributed by atoms with van der Waals surface area (Å²) in [5.74, 6) is -2.72. The average Bonchev–Trinajstić information content (AvgIpc) is 2.31. The van der Waals surface area contributed by atoms with Crippen LogP contribution in [0.4, 0.5) is 14.5 Å². The van der Waals surface area contributed by atoms with Crippen molar-refractivity contribution in [1.29, 1.82) is 0 Å². The predicted molar refractivity (Wildman–Crippen MR) is 57.9 cm³/mol. The van der Waals surface area contributed by atoms with E-state index in [0.717, 1.165) is 0 Å². The third kappa shape index (κ3) is 2.97. The predicted octanol–water partition coefficient (Wildman–Crippen LogP) is 0.487. The third-order valence-corrected chi connectivity index (χ3v) is 2.36. The lowest BCUT2D eigenvalue weighted by atomic mass is 10.0. The summed E-state index contributed by atoms with van der Waals surface area (Å²) in [6.45, 7) is -0.0582. The van der Waals surface area contributed by atoms with Crippen LogP contribution in [0.3, 0.4) is 0 Å². The van der Waals surface area contributed by atoms with Gasteiger partial charge in [-0.15, -0.1) is 0 Å². The molecular weight excluding hydrogens is 250 g/mol. The molecule has 18 heavy (non-hydrogen) atoms. The van der Waals surface area contributed by atoms with Crippen molar-refractivity contribution in [1.82, 2.24) is 5.32 Å². The lowest BCUT2D eigenvalue weighted by molar-refractivity contribution is -0.386. The molecule has 0 spiro atoms. The van der Waals surface area contributed by atoms with Crippen LogP contribution in [0, 0.1) is 21.7 Å². The van der Waals surface area contributed by atoms with E-state index in [2.05, 4.69) is 5.32 Å². The molecule has 0 radical (unpaired) electrons. The number of nitrogens with one attached hydrogen (secondary N) is 1. The minimum absolute atomic E-state index is 0.0582. The zero-order valence-electron chi connectivity index (χ0n) is 9.43. The second kappa shape index (κ2) is 5.80. The van der Waals surface area contributed by atoms with E-state index < -0.39 is 40.0 Å². The zero-order valence-corrected chi connectivity index (χ0v) is 9.43. The van der Waals surface area contributed by atoms with E-state index in [1.54, 1.807) is 0 Å². The first-order valence-corrected chi connectivity index (χ1v) is 5.02. The van der Waals surface area contributed by atoms with E-state index in [4.69, 9.17) is 0 Å². The number of rotatable bonds is 5. The Morgan fingerprint density at radius 3 is 2.44 bits per heavy atom. The standard InChI is InChI=1S/C10H12F2N2O4/c1-13-4-9(15)10(16)5-2-6(11)7(12)3-8(5)14(17)18/h2-3,9-10,13,15-16H,4H2,1H3. The van der Waals surface area contributed by atoms with Gasteiger partial charge in [-0.3, -0.25) is 10.1 Å². The topological polar surface area (TPSA) is 95.6 Å². The van der Waals surface area contributed by atoms with Crippen LogP contribution in [0.25, 0.3) is 0 Å². The van der Waals surface area contributed by atoms with E-state index in [-0.39, 0.29) is 6.54 Å². The van der Waals surface area contributed by atoms with Crippen molar-refractivity contribution in [2.75, 3.05) is 13.6 Å². The van der Waals surface area contributed by atoms with Crippen molar-refractivity contribution in [3.63, 3.8) is 0 Å². The quantitative estimate of drug-likeness (QED) is 0.530. The van der Waals surface area contributed by atoms with Crippen molar-refractivity contribution >= 4 is 5.69 Å². The van der Waals surface area contributed by atoms with Gasteiger partial charge in [0.15, 0.2) is 11.6 Å². The molecule has 0 fully saturated rings. The molecule has 0 aliphatic heterocycles. The summed E-state index contributed by atoms with van der Waals surface area (Å²) in [5, 5.41) is 32.4. The summed E-state index contributed by atoms with van der Waals surface area (Å²) >= 11 is 0. The Balaban J connectivity index is 3.21. The molecule has 0 aliphatic carbocycles. The van der Waals surface area contributed by atoms with E-state index in [1.807, 2.05) is 0 Å². The summed E-state index contributed by atoms with van der Waals surface area (Å²) in [6, 6.07) is 0.886. The monoisotopic (exact) mass is 262 g/mol. The smallest absolute Gasteiger partial charge is 0.278 e. The number of nitrogens with zero attached hydrogens (tertiary/aromatic N) is 1. The summed E-state index contributed by atoms with van der Waals surface area (Å²) < 4.78 is 25.9. The Hall–Kier alpha value is -1.64. The maximum atomic E-state index is 13.0. The van der Waals surface area contributed by atoms with Crippen molar-refractivity contribution in [2.45, 2.75) is 12.2 Å². The van der Waals surface area contributed by atoms with Gasteiger partial charge in [0.25, 0.3) is 5.69 Å². The molecule has 0 amide bonds. The van der Waals surface area contributed by atoms with Crippen molar-refractivity contribution < 1.29 is 23.9 Å². The van der Waals surface area contributed by atoms with Gasteiger partial charge in [-0.2, -0.15) is 0 Å². The molecule has 0 saturated carbocycles. The molecule has 1 rings (SSSR count). The highest BCUT2D eigenvalue weighted by Crippen LogP contribution is 2.29. The van der Waals surface area contributed by atoms with Crippen LogP contribution >= 0.6 is 0 Å². The summed E-state index contributed by atoms with van der Waals surface area (Å²) in [4.78, 5) is 9.73. The van der Waals surface area contributed by atoms with E-state index in [1.165, 1.54) is 7.05 Å². The lowest BCUT2D eigenvalue weighted by Gasteiger charge is -2.17. The van der Waals surface area contributed by atoms with Gasteiger partial charge in [-0.05, 0) is 13.1 Å². The molecule has 0 heterocycles. The van der Waals surface area contributed by atoms with Crippen molar-refractivity contribution in [3.05, 3.63) is 39.4 Å². The number of nitro benzene ring substituents is 1. The number of hydrogen-bond acceptors (Lipinski definition) is 5. The molecular formula is C10H12F2N2O4. The minimum Gasteiger partial charge on any atom is -0.389 e. The van der Waals surface area contributed by atoms with Crippen molar-refractivity contribution in [2.24, 2.45) is 0 Å². The van der Waals surface area contributed by atoms with Crippen LogP contribution in [-0.4, -0.2) is 34.8 Å². The fourth-order valence-corrected chi connectivity index (χ4v) is 1.47. The van der Waals surface area contributed by atoms with Crippen LogP contribution in [0.5, 0.6) is 0 Å². The van der Waals surface area contributed by atoms with E-state index in [9.17, 15) is 29.1 Å². The Bertz CT molecular complexity index is 456. The molecule has 8 heteroatoms. The molecule has 0 bridgehead atoms. The number of nitro groups is 1. The molecule has 6 nitrogen and oxygen atoms in total. The fraction of sp³-hybridized carbons (Fsp3) is 0.400. The number of benzene rings is 1. The Labute approximate surface area is 101 Å².